The summed E-state index contributed by atoms with van der Waals surface area (Å²) in [6, 6.07) is 5.62. The van der Waals surface area contributed by atoms with Crippen LogP contribution in [0.25, 0.3) is 0 Å². The van der Waals surface area contributed by atoms with E-state index < -0.39 is 0 Å². The standard InChI is InChI=1S/C15H20N4O2/c1-10(2)21-14-7-12(5-6-13(14)20-4)8-17-19-9-11(3)18-15(19)16/h5-10H,1-4H3,(H2,16,18). The lowest BCUT2D eigenvalue weighted by Crippen LogP contribution is -2.07. The molecule has 0 unspecified atom stereocenters. The van der Waals surface area contributed by atoms with E-state index in [-0.39, 0.29) is 6.10 Å². The quantitative estimate of drug-likeness (QED) is 0.858. The van der Waals surface area contributed by atoms with E-state index in [1.807, 2.05) is 39.0 Å². The van der Waals surface area contributed by atoms with Crippen LogP contribution in [0.3, 0.4) is 0 Å². The zero-order valence-corrected chi connectivity index (χ0v) is 12.7. The number of aromatic nitrogens is 2. The summed E-state index contributed by atoms with van der Waals surface area (Å²) >= 11 is 0. The van der Waals surface area contributed by atoms with Crippen molar-refractivity contribution in [2.24, 2.45) is 5.10 Å². The molecule has 0 radical (unpaired) electrons. The van der Waals surface area contributed by atoms with Gasteiger partial charge in [0.1, 0.15) is 0 Å². The van der Waals surface area contributed by atoms with Gasteiger partial charge in [-0.3, -0.25) is 0 Å². The minimum atomic E-state index is 0.0676. The first-order valence-corrected chi connectivity index (χ1v) is 6.70. The topological polar surface area (TPSA) is 74.7 Å². The third-order valence-corrected chi connectivity index (χ3v) is 2.72. The van der Waals surface area contributed by atoms with E-state index in [1.165, 1.54) is 4.68 Å². The van der Waals surface area contributed by atoms with Crippen LogP contribution in [0.5, 0.6) is 11.5 Å². The third-order valence-electron chi connectivity index (χ3n) is 2.72. The number of aryl methyl sites for hydroxylation is 1. The summed E-state index contributed by atoms with van der Waals surface area (Å²) in [6.45, 7) is 5.80. The Bertz CT molecular complexity index is 647. The van der Waals surface area contributed by atoms with Gasteiger partial charge in [0.05, 0.1) is 31.3 Å². The third kappa shape index (κ3) is 3.75. The molecular weight excluding hydrogens is 268 g/mol. The SMILES string of the molecule is COc1ccc(C=Nn2cc(C)nc2N)cc1OC(C)C. The number of rotatable bonds is 5. The van der Waals surface area contributed by atoms with Crippen LogP contribution in [0, 0.1) is 6.92 Å². The molecule has 0 saturated carbocycles. The number of methoxy groups -OCH3 is 1. The van der Waals surface area contributed by atoms with Gasteiger partial charge in [0, 0.05) is 0 Å². The van der Waals surface area contributed by atoms with Gasteiger partial charge < -0.3 is 15.2 Å². The second kappa shape index (κ2) is 6.30. The normalized spacial score (nSPS) is 11.3. The van der Waals surface area contributed by atoms with Gasteiger partial charge in [0.2, 0.25) is 5.95 Å². The van der Waals surface area contributed by atoms with E-state index in [9.17, 15) is 0 Å². The Hall–Kier alpha value is -2.50. The van der Waals surface area contributed by atoms with Gasteiger partial charge in [-0.2, -0.15) is 5.10 Å². The summed E-state index contributed by atoms with van der Waals surface area (Å²) in [6.07, 6.45) is 3.53. The summed E-state index contributed by atoms with van der Waals surface area (Å²) in [5.74, 6) is 1.74. The average molecular weight is 288 g/mol. The van der Waals surface area contributed by atoms with Crippen LogP contribution in [0.2, 0.25) is 0 Å². The van der Waals surface area contributed by atoms with E-state index in [0.717, 1.165) is 11.3 Å². The lowest BCUT2D eigenvalue weighted by molar-refractivity contribution is 0.230. The van der Waals surface area contributed by atoms with E-state index in [1.54, 1.807) is 19.5 Å². The van der Waals surface area contributed by atoms with E-state index in [2.05, 4.69) is 10.1 Å². The number of hydrogen-bond acceptors (Lipinski definition) is 5. The average Bonchev–Trinajstić information content (AvgIpc) is 2.74. The predicted molar refractivity (Wildman–Crippen MR) is 83.1 cm³/mol. The monoisotopic (exact) mass is 288 g/mol. The zero-order chi connectivity index (χ0) is 15.4. The zero-order valence-electron chi connectivity index (χ0n) is 12.7. The number of hydrogen-bond donors (Lipinski definition) is 1. The predicted octanol–water partition coefficient (Wildman–Crippen LogP) is 2.45. The maximum atomic E-state index is 5.74. The van der Waals surface area contributed by atoms with Gasteiger partial charge in [0.25, 0.3) is 0 Å². The lowest BCUT2D eigenvalue weighted by atomic mass is 10.2. The molecule has 0 spiro atoms. The molecule has 2 rings (SSSR count). The van der Waals surface area contributed by atoms with Crippen LogP contribution < -0.4 is 15.2 Å². The van der Waals surface area contributed by atoms with Crippen molar-refractivity contribution < 1.29 is 9.47 Å². The second-order valence-corrected chi connectivity index (χ2v) is 4.91. The first-order valence-electron chi connectivity index (χ1n) is 6.70. The van der Waals surface area contributed by atoms with Crippen molar-refractivity contribution in [2.75, 3.05) is 12.8 Å². The molecule has 2 N–H and O–H groups in total. The molecule has 0 fully saturated rings. The molecular formula is C15H20N4O2. The number of nitrogens with two attached hydrogens (primary N) is 1. The minimum absolute atomic E-state index is 0.0676. The Morgan fingerprint density at radius 2 is 2.10 bits per heavy atom. The van der Waals surface area contributed by atoms with E-state index in [0.29, 0.717) is 17.4 Å². The maximum absolute atomic E-state index is 5.74. The highest BCUT2D eigenvalue weighted by atomic mass is 16.5. The van der Waals surface area contributed by atoms with Crippen molar-refractivity contribution in [3.8, 4) is 11.5 Å². The highest BCUT2D eigenvalue weighted by Gasteiger charge is 2.07. The molecule has 6 heteroatoms. The summed E-state index contributed by atoms with van der Waals surface area (Å²) in [7, 11) is 1.62. The van der Waals surface area contributed by atoms with Crippen LogP contribution in [0.15, 0.2) is 29.5 Å². The van der Waals surface area contributed by atoms with Crippen molar-refractivity contribution in [2.45, 2.75) is 26.9 Å². The van der Waals surface area contributed by atoms with Crippen LogP contribution in [0.1, 0.15) is 25.1 Å². The number of anilines is 1. The Kier molecular flexibility index (Phi) is 4.47. The van der Waals surface area contributed by atoms with Crippen LogP contribution in [0.4, 0.5) is 5.95 Å². The largest absolute Gasteiger partial charge is 0.493 e. The second-order valence-electron chi connectivity index (χ2n) is 4.91. The van der Waals surface area contributed by atoms with Gasteiger partial charge >= 0.3 is 0 Å². The number of nitrogen functional groups attached to an aromatic ring is 1. The molecule has 0 aliphatic carbocycles. The van der Waals surface area contributed by atoms with Gasteiger partial charge in [-0.25, -0.2) is 9.66 Å². The molecule has 1 aromatic heterocycles. The van der Waals surface area contributed by atoms with Crippen molar-refractivity contribution >= 4 is 12.2 Å². The molecule has 1 aromatic carbocycles. The highest BCUT2D eigenvalue weighted by Crippen LogP contribution is 2.28. The first kappa shape index (κ1) is 14.9. The van der Waals surface area contributed by atoms with Crippen LogP contribution >= 0.6 is 0 Å². The summed E-state index contributed by atoms with van der Waals surface area (Å²) in [4.78, 5) is 4.09. The highest BCUT2D eigenvalue weighted by molar-refractivity contribution is 5.81. The van der Waals surface area contributed by atoms with E-state index >= 15 is 0 Å². The van der Waals surface area contributed by atoms with Gasteiger partial charge in [-0.05, 0) is 44.5 Å². The molecule has 0 bridgehead atoms. The molecule has 6 nitrogen and oxygen atoms in total. The van der Waals surface area contributed by atoms with Crippen LogP contribution in [-0.2, 0) is 0 Å². The molecule has 0 amide bonds. The Labute approximate surface area is 124 Å². The number of benzene rings is 1. The number of nitrogens with zero attached hydrogens (tertiary/aromatic N) is 3. The van der Waals surface area contributed by atoms with Gasteiger partial charge in [-0.15, -0.1) is 0 Å². The Morgan fingerprint density at radius 3 is 2.67 bits per heavy atom. The fourth-order valence-electron chi connectivity index (χ4n) is 1.84. The lowest BCUT2D eigenvalue weighted by Gasteiger charge is -2.13. The van der Waals surface area contributed by atoms with Crippen molar-refractivity contribution in [3.05, 3.63) is 35.7 Å². The van der Waals surface area contributed by atoms with Crippen molar-refractivity contribution in [1.82, 2.24) is 9.66 Å². The molecule has 1 heterocycles. The fourth-order valence-corrected chi connectivity index (χ4v) is 1.84. The number of imidazole rings is 1. The molecule has 0 aliphatic heterocycles. The molecule has 0 saturated heterocycles. The van der Waals surface area contributed by atoms with Crippen molar-refractivity contribution in [3.63, 3.8) is 0 Å². The van der Waals surface area contributed by atoms with Gasteiger partial charge in [0.15, 0.2) is 11.5 Å². The summed E-state index contributed by atoms with van der Waals surface area (Å²) in [5.41, 5.74) is 7.45. The smallest absolute Gasteiger partial charge is 0.221 e. The molecule has 112 valence electrons. The van der Waals surface area contributed by atoms with Gasteiger partial charge in [-0.1, -0.05) is 0 Å². The molecule has 21 heavy (non-hydrogen) atoms. The molecule has 0 atom stereocenters. The maximum Gasteiger partial charge on any atom is 0.221 e. The van der Waals surface area contributed by atoms with E-state index in [4.69, 9.17) is 15.2 Å². The summed E-state index contributed by atoms with van der Waals surface area (Å²) in [5, 5.41) is 4.28. The van der Waals surface area contributed by atoms with Crippen LogP contribution in [-0.4, -0.2) is 29.1 Å². The molecule has 2 aromatic rings. The Balaban J connectivity index is 2.26. The molecule has 0 aliphatic rings. The first-order chi connectivity index (χ1) is 9.99. The number of ether oxygens (including phenoxy) is 2. The minimum Gasteiger partial charge on any atom is -0.493 e. The fraction of sp³-hybridized carbons (Fsp3) is 0.333. The summed E-state index contributed by atoms with van der Waals surface area (Å²) < 4.78 is 12.5. The van der Waals surface area contributed by atoms with Crippen molar-refractivity contribution in [1.29, 1.82) is 0 Å². The Morgan fingerprint density at radius 1 is 1.33 bits per heavy atom.